The summed E-state index contributed by atoms with van der Waals surface area (Å²) < 4.78 is 16.9. The third-order valence-electron chi connectivity index (χ3n) is 3.26. The molecule has 0 N–H and O–H groups in total. The largest absolute Gasteiger partial charge is 0.490 e. The Bertz CT molecular complexity index is 455. The minimum atomic E-state index is -0.136. The van der Waals surface area contributed by atoms with Gasteiger partial charge in [0.15, 0.2) is 11.5 Å². The van der Waals surface area contributed by atoms with Gasteiger partial charge in [-0.1, -0.05) is 6.07 Å². The number of carbonyl (C=O) groups excluding carboxylic acids is 1. The summed E-state index contributed by atoms with van der Waals surface area (Å²) in [5.41, 5.74) is 0.993. The van der Waals surface area contributed by atoms with Gasteiger partial charge in [0.05, 0.1) is 25.9 Å². The van der Waals surface area contributed by atoms with E-state index >= 15 is 0 Å². The van der Waals surface area contributed by atoms with Crippen LogP contribution in [0.5, 0.6) is 11.5 Å². The summed E-state index contributed by atoms with van der Waals surface area (Å²) >= 11 is 0. The van der Waals surface area contributed by atoms with Crippen LogP contribution < -0.4 is 9.47 Å². The normalized spacial score (nSPS) is 23.6. The molecule has 96 valence electrons. The Hall–Kier alpha value is -1.55. The highest BCUT2D eigenvalue weighted by Gasteiger charge is 2.23. The predicted octanol–water partition coefficient (Wildman–Crippen LogP) is 2.27. The van der Waals surface area contributed by atoms with Gasteiger partial charge in [0.1, 0.15) is 5.78 Å². The zero-order valence-corrected chi connectivity index (χ0v) is 10.2. The Labute approximate surface area is 106 Å². The molecule has 1 aromatic carbocycles. The molecule has 0 saturated carbocycles. The smallest absolute Gasteiger partial charge is 0.161 e. The van der Waals surface area contributed by atoms with Crippen LogP contribution in [0, 0.1) is 0 Å². The van der Waals surface area contributed by atoms with Crippen LogP contribution >= 0.6 is 0 Å². The van der Waals surface area contributed by atoms with E-state index in [4.69, 9.17) is 14.2 Å². The number of benzene rings is 1. The molecule has 1 saturated heterocycles. The van der Waals surface area contributed by atoms with Gasteiger partial charge in [0.2, 0.25) is 0 Å². The van der Waals surface area contributed by atoms with E-state index in [2.05, 4.69) is 0 Å². The third kappa shape index (κ3) is 2.34. The zero-order chi connectivity index (χ0) is 12.4. The maximum Gasteiger partial charge on any atom is 0.161 e. The molecule has 0 radical (unpaired) electrons. The van der Waals surface area contributed by atoms with Gasteiger partial charge in [-0.25, -0.2) is 0 Å². The first kappa shape index (κ1) is 11.5. The number of carbonyl (C=O) groups is 1. The van der Waals surface area contributed by atoms with E-state index in [9.17, 15) is 4.79 Å². The summed E-state index contributed by atoms with van der Waals surface area (Å²) in [5, 5.41) is 0. The Morgan fingerprint density at radius 2 is 1.89 bits per heavy atom. The summed E-state index contributed by atoms with van der Waals surface area (Å²) in [6, 6.07) is 5.79. The third-order valence-corrected chi connectivity index (χ3v) is 3.26. The lowest BCUT2D eigenvalue weighted by atomic mass is 10.00. The van der Waals surface area contributed by atoms with Gasteiger partial charge >= 0.3 is 0 Å². The molecule has 1 atom stereocenters. The lowest BCUT2D eigenvalue weighted by molar-refractivity contribution is -0.128. The van der Waals surface area contributed by atoms with Gasteiger partial charge in [-0.05, 0) is 17.7 Å². The molecule has 18 heavy (non-hydrogen) atoms. The van der Waals surface area contributed by atoms with Crippen molar-refractivity contribution < 1.29 is 19.0 Å². The fourth-order valence-electron chi connectivity index (χ4n) is 2.28. The average molecular weight is 248 g/mol. The molecular formula is C14H16O4. The van der Waals surface area contributed by atoms with Crippen LogP contribution in [0.25, 0.3) is 0 Å². The maximum absolute atomic E-state index is 11.5. The van der Waals surface area contributed by atoms with Crippen LogP contribution in [0.4, 0.5) is 0 Å². The first-order chi connectivity index (χ1) is 8.83. The van der Waals surface area contributed by atoms with E-state index in [0.29, 0.717) is 32.7 Å². The van der Waals surface area contributed by atoms with Crippen molar-refractivity contribution >= 4 is 5.78 Å². The lowest BCUT2D eigenvalue weighted by Gasteiger charge is -2.22. The number of hydrogen-bond acceptors (Lipinski definition) is 4. The highest BCUT2D eigenvalue weighted by Crippen LogP contribution is 2.35. The molecule has 3 rings (SSSR count). The van der Waals surface area contributed by atoms with Crippen molar-refractivity contribution in [2.75, 3.05) is 19.8 Å². The minimum absolute atomic E-state index is 0.136. The standard InChI is InChI=1S/C14H16O4/c15-11-4-7-18-13(9-11)10-2-3-12-14(8-10)17-6-1-5-16-12/h2-3,8,13H,1,4-7,9H2. The number of fused-ring (bicyclic) bond motifs is 1. The molecule has 4 heteroatoms. The zero-order valence-electron chi connectivity index (χ0n) is 10.2. The van der Waals surface area contributed by atoms with E-state index in [-0.39, 0.29) is 11.9 Å². The van der Waals surface area contributed by atoms with Gasteiger partial charge in [-0.15, -0.1) is 0 Å². The second-order valence-corrected chi connectivity index (χ2v) is 4.61. The van der Waals surface area contributed by atoms with Crippen molar-refractivity contribution in [2.45, 2.75) is 25.4 Å². The van der Waals surface area contributed by atoms with E-state index < -0.39 is 0 Å². The molecular weight excluding hydrogens is 232 g/mol. The predicted molar refractivity (Wildman–Crippen MR) is 65.0 cm³/mol. The molecule has 1 fully saturated rings. The van der Waals surface area contributed by atoms with Crippen molar-refractivity contribution in [1.82, 2.24) is 0 Å². The second kappa shape index (κ2) is 4.98. The lowest BCUT2D eigenvalue weighted by Crippen LogP contribution is -2.19. The topological polar surface area (TPSA) is 44.8 Å². The molecule has 0 bridgehead atoms. The molecule has 2 heterocycles. The average Bonchev–Trinajstić information content (AvgIpc) is 2.63. The SMILES string of the molecule is O=C1CCOC(c2ccc3c(c2)OCCCO3)C1. The summed E-state index contributed by atoms with van der Waals surface area (Å²) in [6.07, 6.45) is 1.74. The summed E-state index contributed by atoms with van der Waals surface area (Å²) in [5.74, 6) is 1.79. The first-order valence-electron chi connectivity index (χ1n) is 6.36. The maximum atomic E-state index is 11.5. The molecule has 0 spiro atoms. The van der Waals surface area contributed by atoms with Crippen molar-refractivity contribution in [1.29, 1.82) is 0 Å². The molecule has 2 aliphatic heterocycles. The van der Waals surface area contributed by atoms with Crippen LogP contribution in [0.1, 0.15) is 30.9 Å². The van der Waals surface area contributed by atoms with Gasteiger partial charge in [0, 0.05) is 19.3 Å². The fraction of sp³-hybridized carbons (Fsp3) is 0.500. The van der Waals surface area contributed by atoms with Gasteiger partial charge in [0.25, 0.3) is 0 Å². The Kier molecular flexibility index (Phi) is 3.19. The molecule has 4 nitrogen and oxygen atoms in total. The number of hydrogen-bond donors (Lipinski definition) is 0. The van der Waals surface area contributed by atoms with Crippen LogP contribution in [0.3, 0.4) is 0 Å². The minimum Gasteiger partial charge on any atom is -0.490 e. The van der Waals surface area contributed by atoms with Gasteiger partial charge in [-0.3, -0.25) is 4.79 Å². The Balaban J connectivity index is 1.84. The van der Waals surface area contributed by atoms with Gasteiger partial charge in [-0.2, -0.15) is 0 Å². The van der Waals surface area contributed by atoms with E-state index in [1.165, 1.54) is 0 Å². The molecule has 1 aromatic rings. The number of ketones is 1. The fourth-order valence-corrected chi connectivity index (χ4v) is 2.28. The molecule has 1 unspecified atom stereocenters. The summed E-state index contributed by atoms with van der Waals surface area (Å²) in [4.78, 5) is 11.5. The molecule has 2 aliphatic rings. The Morgan fingerprint density at radius 1 is 1.06 bits per heavy atom. The van der Waals surface area contributed by atoms with Crippen molar-refractivity contribution in [3.63, 3.8) is 0 Å². The molecule has 0 aromatic heterocycles. The molecule has 0 aliphatic carbocycles. The van der Waals surface area contributed by atoms with Crippen molar-refractivity contribution in [2.24, 2.45) is 0 Å². The van der Waals surface area contributed by atoms with Crippen molar-refractivity contribution in [3.8, 4) is 11.5 Å². The highest BCUT2D eigenvalue weighted by molar-refractivity contribution is 5.79. The second-order valence-electron chi connectivity index (χ2n) is 4.61. The van der Waals surface area contributed by atoms with Crippen LogP contribution in [-0.4, -0.2) is 25.6 Å². The number of Topliss-reactive ketones (excluding diaryl/α,β-unsaturated/α-hetero) is 1. The number of ether oxygens (including phenoxy) is 3. The first-order valence-corrected chi connectivity index (χ1v) is 6.36. The van der Waals surface area contributed by atoms with E-state index in [0.717, 1.165) is 23.5 Å². The Morgan fingerprint density at radius 3 is 2.72 bits per heavy atom. The van der Waals surface area contributed by atoms with E-state index in [1.807, 2.05) is 18.2 Å². The molecule has 0 amide bonds. The highest BCUT2D eigenvalue weighted by atomic mass is 16.5. The quantitative estimate of drug-likeness (QED) is 0.764. The van der Waals surface area contributed by atoms with Crippen LogP contribution in [0.2, 0.25) is 0 Å². The van der Waals surface area contributed by atoms with Crippen LogP contribution in [0.15, 0.2) is 18.2 Å². The summed E-state index contributed by atoms with van der Waals surface area (Å²) in [6.45, 7) is 1.86. The van der Waals surface area contributed by atoms with E-state index in [1.54, 1.807) is 0 Å². The summed E-state index contributed by atoms with van der Waals surface area (Å²) in [7, 11) is 0. The number of rotatable bonds is 1. The van der Waals surface area contributed by atoms with Gasteiger partial charge < -0.3 is 14.2 Å². The monoisotopic (exact) mass is 248 g/mol. The van der Waals surface area contributed by atoms with Crippen molar-refractivity contribution in [3.05, 3.63) is 23.8 Å². The van der Waals surface area contributed by atoms with Crippen LogP contribution in [-0.2, 0) is 9.53 Å².